The molecular weight excluding hydrogens is 357 g/mol. The summed E-state index contributed by atoms with van der Waals surface area (Å²) < 4.78 is 38.3. The molecular formula is C20H19F3N2O2. The third-order valence-electron chi connectivity index (χ3n) is 4.53. The minimum Gasteiger partial charge on any atom is -0.349 e. The number of alkyl halides is 3. The second-order valence-electron chi connectivity index (χ2n) is 6.57. The Labute approximate surface area is 154 Å². The summed E-state index contributed by atoms with van der Waals surface area (Å²) in [7, 11) is 0. The average molecular weight is 376 g/mol. The van der Waals surface area contributed by atoms with Crippen LogP contribution in [0.15, 0.2) is 48.5 Å². The second kappa shape index (κ2) is 7.82. The van der Waals surface area contributed by atoms with E-state index in [1.165, 1.54) is 24.3 Å². The first-order valence-corrected chi connectivity index (χ1v) is 8.72. The van der Waals surface area contributed by atoms with Gasteiger partial charge in [0.25, 0.3) is 11.8 Å². The quantitative estimate of drug-likeness (QED) is 0.817. The van der Waals surface area contributed by atoms with Gasteiger partial charge < -0.3 is 10.6 Å². The van der Waals surface area contributed by atoms with Crippen molar-refractivity contribution in [3.63, 3.8) is 0 Å². The van der Waals surface area contributed by atoms with Gasteiger partial charge in [-0.3, -0.25) is 9.59 Å². The lowest BCUT2D eigenvalue weighted by molar-refractivity contribution is -0.137. The smallest absolute Gasteiger partial charge is 0.349 e. The van der Waals surface area contributed by atoms with E-state index in [4.69, 9.17) is 0 Å². The Balaban J connectivity index is 1.71. The summed E-state index contributed by atoms with van der Waals surface area (Å²) in [5, 5.41) is 5.38. The van der Waals surface area contributed by atoms with Gasteiger partial charge >= 0.3 is 6.18 Å². The fourth-order valence-corrected chi connectivity index (χ4v) is 3.12. The summed E-state index contributed by atoms with van der Waals surface area (Å²) >= 11 is 0. The first-order chi connectivity index (χ1) is 12.8. The summed E-state index contributed by atoms with van der Waals surface area (Å²) in [5.74, 6) is -0.833. The SMILES string of the molecule is O=C(Nc1cccc(C(F)(F)F)c1)c1cccc(C(=O)NC2CCCC2)c1. The Morgan fingerprint density at radius 2 is 1.52 bits per heavy atom. The molecule has 2 N–H and O–H groups in total. The van der Waals surface area contributed by atoms with E-state index in [-0.39, 0.29) is 23.2 Å². The molecule has 1 fully saturated rings. The molecule has 0 saturated heterocycles. The van der Waals surface area contributed by atoms with Crippen molar-refractivity contribution in [1.29, 1.82) is 0 Å². The summed E-state index contributed by atoms with van der Waals surface area (Å²) in [4.78, 5) is 24.7. The van der Waals surface area contributed by atoms with Crippen LogP contribution in [0.3, 0.4) is 0 Å². The zero-order valence-electron chi connectivity index (χ0n) is 14.5. The molecule has 0 bridgehead atoms. The van der Waals surface area contributed by atoms with Gasteiger partial charge in [0.1, 0.15) is 0 Å². The highest BCUT2D eigenvalue weighted by molar-refractivity contribution is 6.06. The van der Waals surface area contributed by atoms with Gasteiger partial charge in [-0.2, -0.15) is 13.2 Å². The molecule has 2 aromatic rings. The van der Waals surface area contributed by atoms with Crippen molar-refractivity contribution in [3.8, 4) is 0 Å². The largest absolute Gasteiger partial charge is 0.416 e. The van der Waals surface area contributed by atoms with Crippen LogP contribution in [0.25, 0.3) is 0 Å². The van der Waals surface area contributed by atoms with E-state index in [1.54, 1.807) is 12.1 Å². The number of nitrogens with one attached hydrogen (secondary N) is 2. The van der Waals surface area contributed by atoms with Crippen LogP contribution in [0.4, 0.5) is 18.9 Å². The van der Waals surface area contributed by atoms with E-state index >= 15 is 0 Å². The molecule has 142 valence electrons. The van der Waals surface area contributed by atoms with Gasteiger partial charge in [0.05, 0.1) is 5.56 Å². The molecule has 1 saturated carbocycles. The number of anilines is 1. The Hall–Kier alpha value is -2.83. The van der Waals surface area contributed by atoms with Crippen molar-refractivity contribution >= 4 is 17.5 Å². The van der Waals surface area contributed by atoms with E-state index in [9.17, 15) is 22.8 Å². The monoisotopic (exact) mass is 376 g/mol. The number of hydrogen-bond donors (Lipinski definition) is 2. The maximum Gasteiger partial charge on any atom is 0.416 e. The summed E-state index contributed by atoms with van der Waals surface area (Å²) in [6.07, 6.45) is -0.420. The number of hydrogen-bond acceptors (Lipinski definition) is 2. The Bertz CT molecular complexity index is 843. The molecule has 0 aromatic heterocycles. The Kier molecular flexibility index (Phi) is 5.48. The van der Waals surface area contributed by atoms with Crippen LogP contribution >= 0.6 is 0 Å². The summed E-state index contributed by atoms with van der Waals surface area (Å²) in [6.45, 7) is 0. The zero-order valence-corrected chi connectivity index (χ0v) is 14.5. The molecule has 0 heterocycles. The van der Waals surface area contributed by atoms with Gasteiger partial charge in [-0.15, -0.1) is 0 Å². The first-order valence-electron chi connectivity index (χ1n) is 8.72. The van der Waals surface area contributed by atoms with E-state index in [0.717, 1.165) is 37.8 Å². The van der Waals surface area contributed by atoms with Crippen molar-refractivity contribution in [2.24, 2.45) is 0 Å². The fraction of sp³-hybridized carbons (Fsp3) is 0.300. The van der Waals surface area contributed by atoms with E-state index in [2.05, 4.69) is 10.6 Å². The molecule has 0 aliphatic heterocycles. The van der Waals surface area contributed by atoms with Crippen molar-refractivity contribution in [1.82, 2.24) is 5.32 Å². The summed E-state index contributed by atoms with van der Waals surface area (Å²) in [5.41, 5.74) is -0.259. The third-order valence-corrected chi connectivity index (χ3v) is 4.53. The molecule has 1 aliphatic carbocycles. The van der Waals surface area contributed by atoms with Crippen molar-refractivity contribution < 1.29 is 22.8 Å². The molecule has 7 heteroatoms. The standard InChI is InChI=1S/C20H19F3N2O2/c21-20(22,23)15-7-4-10-17(12-15)25-19(27)14-6-3-5-13(11-14)18(26)24-16-8-1-2-9-16/h3-7,10-12,16H,1-2,8-9H2,(H,24,26)(H,25,27). The maximum absolute atomic E-state index is 12.8. The van der Waals surface area contributed by atoms with Gasteiger partial charge in [-0.1, -0.05) is 25.0 Å². The highest BCUT2D eigenvalue weighted by Crippen LogP contribution is 2.30. The average Bonchev–Trinajstić information content (AvgIpc) is 3.14. The van der Waals surface area contributed by atoms with Crippen molar-refractivity contribution in [2.45, 2.75) is 37.9 Å². The van der Waals surface area contributed by atoms with Crippen LogP contribution in [0.1, 0.15) is 52.0 Å². The van der Waals surface area contributed by atoms with Crippen LogP contribution in [0.2, 0.25) is 0 Å². The number of benzene rings is 2. The number of amides is 2. The number of rotatable bonds is 4. The molecule has 1 aliphatic rings. The molecule has 0 atom stereocenters. The molecule has 27 heavy (non-hydrogen) atoms. The lowest BCUT2D eigenvalue weighted by Gasteiger charge is -2.13. The highest BCUT2D eigenvalue weighted by Gasteiger charge is 2.30. The molecule has 0 spiro atoms. The van der Waals surface area contributed by atoms with Crippen LogP contribution in [-0.2, 0) is 6.18 Å². The number of carbonyl (C=O) groups excluding carboxylic acids is 2. The van der Waals surface area contributed by atoms with Crippen molar-refractivity contribution in [3.05, 3.63) is 65.2 Å². The van der Waals surface area contributed by atoms with E-state index < -0.39 is 17.6 Å². The third kappa shape index (κ3) is 4.87. The molecule has 0 unspecified atom stereocenters. The highest BCUT2D eigenvalue weighted by atomic mass is 19.4. The molecule has 0 radical (unpaired) electrons. The molecule has 3 rings (SSSR count). The van der Waals surface area contributed by atoms with Gasteiger partial charge in [0.15, 0.2) is 0 Å². The van der Waals surface area contributed by atoms with E-state index in [0.29, 0.717) is 5.56 Å². The minimum atomic E-state index is -4.49. The lowest BCUT2D eigenvalue weighted by Crippen LogP contribution is -2.32. The normalized spacial score (nSPS) is 14.8. The predicted octanol–water partition coefficient (Wildman–Crippen LogP) is 4.63. The van der Waals surface area contributed by atoms with Gasteiger partial charge in [0, 0.05) is 22.9 Å². The predicted molar refractivity (Wildman–Crippen MR) is 95.6 cm³/mol. The van der Waals surface area contributed by atoms with E-state index in [1.807, 2.05) is 0 Å². The second-order valence-corrected chi connectivity index (χ2v) is 6.57. The van der Waals surface area contributed by atoms with Crippen LogP contribution in [-0.4, -0.2) is 17.9 Å². The van der Waals surface area contributed by atoms with Crippen LogP contribution in [0, 0.1) is 0 Å². The fourth-order valence-electron chi connectivity index (χ4n) is 3.12. The Morgan fingerprint density at radius 3 is 2.19 bits per heavy atom. The van der Waals surface area contributed by atoms with Gasteiger partial charge in [-0.25, -0.2) is 0 Å². The Morgan fingerprint density at radius 1 is 0.889 bits per heavy atom. The van der Waals surface area contributed by atoms with Gasteiger partial charge in [-0.05, 0) is 49.2 Å². The first kappa shape index (κ1) is 18.9. The molecule has 2 aromatic carbocycles. The molecule has 2 amide bonds. The lowest BCUT2D eigenvalue weighted by atomic mass is 10.1. The minimum absolute atomic E-state index is 0.0376. The zero-order chi connectivity index (χ0) is 19.4. The summed E-state index contributed by atoms with van der Waals surface area (Å²) in [6, 6.07) is 10.7. The van der Waals surface area contributed by atoms with Crippen LogP contribution in [0.5, 0.6) is 0 Å². The van der Waals surface area contributed by atoms with Gasteiger partial charge in [0.2, 0.25) is 0 Å². The number of carbonyl (C=O) groups is 2. The van der Waals surface area contributed by atoms with Crippen LogP contribution < -0.4 is 10.6 Å². The topological polar surface area (TPSA) is 58.2 Å². The maximum atomic E-state index is 12.8. The number of halogens is 3. The van der Waals surface area contributed by atoms with Crippen molar-refractivity contribution in [2.75, 3.05) is 5.32 Å². The molecule has 4 nitrogen and oxygen atoms in total.